The molecule has 0 aromatic carbocycles. The lowest BCUT2D eigenvalue weighted by atomic mass is 9.75. The highest BCUT2D eigenvalue weighted by molar-refractivity contribution is 6.07. The third-order valence-corrected chi connectivity index (χ3v) is 5.73. The van der Waals surface area contributed by atoms with Gasteiger partial charge in [0.1, 0.15) is 5.54 Å². The molecule has 0 aromatic rings. The van der Waals surface area contributed by atoms with E-state index < -0.39 is 5.54 Å². The summed E-state index contributed by atoms with van der Waals surface area (Å²) in [6.07, 6.45) is 2.88. The lowest BCUT2D eigenvalue weighted by Gasteiger charge is -2.41. The summed E-state index contributed by atoms with van der Waals surface area (Å²) in [5.74, 6) is 0.146. The van der Waals surface area contributed by atoms with Crippen molar-refractivity contribution in [3.8, 4) is 0 Å². The summed E-state index contributed by atoms with van der Waals surface area (Å²) in [6.45, 7) is 13.1. The zero-order valence-corrected chi connectivity index (χ0v) is 15.9. The minimum absolute atomic E-state index is 0.0376. The van der Waals surface area contributed by atoms with E-state index in [2.05, 4.69) is 11.9 Å². The smallest absolute Gasteiger partial charge is 0.325 e. The van der Waals surface area contributed by atoms with Crippen LogP contribution in [0.4, 0.5) is 4.79 Å². The molecule has 1 N–H and O–H groups in total. The lowest BCUT2D eigenvalue weighted by Crippen LogP contribution is -2.56. The van der Waals surface area contributed by atoms with Crippen molar-refractivity contribution in [2.45, 2.75) is 58.9 Å². The Bertz CT molecular complexity index is 566. The van der Waals surface area contributed by atoms with Crippen molar-refractivity contribution < 1.29 is 14.4 Å². The number of rotatable bonds is 6. The average Bonchev–Trinajstić information content (AvgIpc) is 2.85. The first-order valence-corrected chi connectivity index (χ1v) is 9.34. The molecule has 0 unspecified atom stereocenters. The van der Waals surface area contributed by atoms with Crippen LogP contribution in [0.25, 0.3) is 0 Å². The SMILES string of the molecule is C=C(C)CN1C(=O)N[C@](CC)(C2CCN(C(=O)[C@H](C)CC)CC2)C1=O. The molecule has 0 radical (unpaired) electrons. The molecule has 2 aliphatic heterocycles. The average molecular weight is 349 g/mol. The maximum Gasteiger partial charge on any atom is 0.325 e. The minimum Gasteiger partial charge on any atom is -0.342 e. The molecule has 2 saturated heterocycles. The van der Waals surface area contributed by atoms with E-state index in [1.54, 1.807) is 0 Å². The Kier molecular flexibility index (Phi) is 5.91. The van der Waals surface area contributed by atoms with Gasteiger partial charge in [0, 0.05) is 19.0 Å². The fraction of sp³-hybridized carbons (Fsp3) is 0.737. The number of piperidine rings is 1. The Balaban J connectivity index is 2.10. The second kappa shape index (κ2) is 7.58. The summed E-state index contributed by atoms with van der Waals surface area (Å²) >= 11 is 0. The minimum atomic E-state index is -0.835. The van der Waals surface area contributed by atoms with Gasteiger partial charge in [0.25, 0.3) is 5.91 Å². The molecule has 0 saturated carbocycles. The number of hydrogen-bond acceptors (Lipinski definition) is 3. The Morgan fingerprint density at radius 1 is 1.32 bits per heavy atom. The third kappa shape index (κ3) is 3.58. The van der Waals surface area contributed by atoms with Crippen LogP contribution in [0.1, 0.15) is 53.4 Å². The number of urea groups is 1. The molecule has 0 aliphatic carbocycles. The molecule has 0 bridgehead atoms. The Morgan fingerprint density at radius 2 is 1.92 bits per heavy atom. The Hall–Kier alpha value is -1.85. The van der Waals surface area contributed by atoms with E-state index >= 15 is 0 Å². The normalized spacial score (nSPS) is 25.9. The van der Waals surface area contributed by atoms with Crippen molar-refractivity contribution in [1.29, 1.82) is 0 Å². The van der Waals surface area contributed by atoms with Gasteiger partial charge >= 0.3 is 6.03 Å². The highest BCUT2D eigenvalue weighted by Crippen LogP contribution is 2.36. The van der Waals surface area contributed by atoms with Crippen molar-refractivity contribution in [3.63, 3.8) is 0 Å². The van der Waals surface area contributed by atoms with Gasteiger partial charge in [-0.25, -0.2) is 4.79 Å². The van der Waals surface area contributed by atoms with Gasteiger partial charge in [0.05, 0.1) is 6.54 Å². The van der Waals surface area contributed by atoms with Crippen molar-refractivity contribution in [2.75, 3.05) is 19.6 Å². The van der Waals surface area contributed by atoms with Crippen molar-refractivity contribution in [3.05, 3.63) is 12.2 Å². The number of nitrogens with one attached hydrogen (secondary N) is 1. The van der Waals surface area contributed by atoms with Crippen LogP contribution in [0.15, 0.2) is 12.2 Å². The van der Waals surface area contributed by atoms with Crippen LogP contribution in [0.5, 0.6) is 0 Å². The van der Waals surface area contributed by atoms with Crippen LogP contribution in [0, 0.1) is 11.8 Å². The van der Waals surface area contributed by atoms with E-state index in [0.29, 0.717) is 19.5 Å². The van der Waals surface area contributed by atoms with Gasteiger partial charge in [0.15, 0.2) is 0 Å². The zero-order valence-electron chi connectivity index (χ0n) is 15.9. The molecule has 2 atom stereocenters. The molecule has 2 fully saturated rings. The van der Waals surface area contributed by atoms with Crippen molar-refractivity contribution >= 4 is 17.8 Å². The van der Waals surface area contributed by atoms with Crippen LogP contribution >= 0.6 is 0 Å². The Labute approximate surface area is 150 Å². The molecule has 6 heteroatoms. The van der Waals surface area contributed by atoms with Gasteiger partial charge < -0.3 is 10.2 Å². The number of carbonyl (C=O) groups is 3. The highest BCUT2D eigenvalue weighted by atomic mass is 16.2. The molecule has 2 heterocycles. The fourth-order valence-corrected chi connectivity index (χ4v) is 3.94. The number of amides is 4. The van der Waals surface area contributed by atoms with Crippen molar-refractivity contribution in [1.82, 2.24) is 15.1 Å². The highest BCUT2D eigenvalue weighted by Gasteiger charge is 2.54. The summed E-state index contributed by atoms with van der Waals surface area (Å²) in [5, 5.41) is 2.96. The summed E-state index contributed by atoms with van der Waals surface area (Å²) in [5.41, 5.74) is -0.0534. The molecular weight excluding hydrogens is 318 g/mol. The molecule has 4 amide bonds. The zero-order chi connectivity index (χ0) is 18.8. The maximum absolute atomic E-state index is 13.0. The number of likely N-dealkylation sites (tertiary alicyclic amines) is 1. The van der Waals surface area contributed by atoms with Gasteiger partial charge in [-0.1, -0.05) is 32.9 Å². The molecule has 25 heavy (non-hydrogen) atoms. The van der Waals surface area contributed by atoms with Crippen LogP contribution in [0.3, 0.4) is 0 Å². The van der Waals surface area contributed by atoms with Crippen molar-refractivity contribution in [2.24, 2.45) is 11.8 Å². The fourth-order valence-electron chi connectivity index (χ4n) is 3.94. The van der Waals surface area contributed by atoms with E-state index in [0.717, 1.165) is 24.8 Å². The van der Waals surface area contributed by atoms with E-state index in [1.807, 2.05) is 32.6 Å². The van der Waals surface area contributed by atoms with Gasteiger partial charge in [-0.3, -0.25) is 14.5 Å². The van der Waals surface area contributed by atoms with Crippen LogP contribution < -0.4 is 5.32 Å². The first-order chi connectivity index (χ1) is 11.8. The van der Waals surface area contributed by atoms with Crippen LogP contribution in [-0.2, 0) is 9.59 Å². The predicted octanol–water partition coefficient (Wildman–Crippen LogP) is 2.55. The largest absolute Gasteiger partial charge is 0.342 e. The molecule has 0 spiro atoms. The quantitative estimate of drug-likeness (QED) is 0.592. The van der Waals surface area contributed by atoms with Crippen LogP contribution in [-0.4, -0.2) is 52.8 Å². The molecule has 6 nitrogen and oxygen atoms in total. The topological polar surface area (TPSA) is 69.7 Å². The number of hydrogen-bond donors (Lipinski definition) is 1. The third-order valence-electron chi connectivity index (χ3n) is 5.73. The van der Waals surface area contributed by atoms with Gasteiger partial charge in [-0.05, 0) is 38.5 Å². The standard InChI is InChI=1S/C19H31N3O3/c1-6-14(5)16(23)21-10-8-15(9-11-21)19(7-2)17(24)22(12-13(3)4)18(25)20-19/h14-15H,3,6-12H2,1-2,4-5H3,(H,20,25)/t14-,19-/m1/s1. The molecule has 0 aromatic heterocycles. The second-order valence-corrected chi connectivity index (χ2v) is 7.51. The Morgan fingerprint density at radius 3 is 2.40 bits per heavy atom. The molecular formula is C19H31N3O3. The summed E-state index contributed by atoms with van der Waals surface area (Å²) < 4.78 is 0. The number of carbonyl (C=O) groups excluding carboxylic acids is 3. The molecule has 2 rings (SSSR count). The van der Waals surface area contributed by atoms with Gasteiger partial charge in [-0.2, -0.15) is 0 Å². The monoisotopic (exact) mass is 349 g/mol. The lowest BCUT2D eigenvalue weighted by molar-refractivity contribution is -0.138. The molecule has 2 aliphatic rings. The van der Waals surface area contributed by atoms with Gasteiger partial charge in [0.2, 0.25) is 5.91 Å². The van der Waals surface area contributed by atoms with E-state index in [-0.39, 0.29) is 36.2 Å². The predicted molar refractivity (Wildman–Crippen MR) is 96.8 cm³/mol. The summed E-state index contributed by atoms with van der Waals surface area (Å²) in [6, 6.07) is -0.326. The van der Waals surface area contributed by atoms with Gasteiger partial charge in [-0.15, -0.1) is 0 Å². The maximum atomic E-state index is 13.0. The number of imide groups is 1. The first kappa shape index (κ1) is 19.5. The number of nitrogens with zero attached hydrogens (tertiary/aromatic N) is 2. The van der Waals surface area contributed by atoms with Crippen LogP contribution in [0.2, 0.25) is 0 Å². The second-order valence-electron chi connectivity index (χ2n) is 7.51. The summed E-state index contributed by atoms with van der Waals surface area (Å²) in [7, 11) is 0. The first-order valence-electron chi connectivity index (χ1n) is 9.34. The summed E-state index contributed by atoms with van der Waals surface area (Å²) in [4.78, 5) is 40.9. The van der Waals surface area contributed by atoms with E-state index in [9.17, 15) is 14.4 Å². The van der Waals surface area contributed by atoms with E-state index in [1.165, 1.54) is 4.90 Å². The molecule has 140 valence electrons. The van der Waals surface area contributed by atoms with E-state index in [4.69, 9.17) is 0 Å².